The number of rotatable bonds is 8. The van der Waals surface area contributed by atoms with Gasteiger partial charge in [0.15, 0.2) is 0 Å². The third-order valence-corrected chi connectivity index (χ3v) is 4.27. The number of aromatic nitrogens is 2. The van der Waals surface area contributed by atoms with E-state index < -0.39 is 5.97 Å². The third-order valence-electron chi connectivity index (χ3n) is 3.40. The summed E-state index contributed by atoms with van der Waals surface area (Å²) >= 11 is 1.39. The number of ether oxygens (including phenoxy) is 3. The van der Waals surface area contributed by atoms with Crippen LogP contribution in [-0.4, -0.2) is 22.5 Å². The van der Waals surface area contributed by atoms with E-state index in [9.17, 15) is 9.18 Å². The summed E-state index contributed by atoms with van der Waals surface area (Å²) in [5, 5.41) is 2.52. The fourth-order valence-electron chi connectivity index (χ4n) is 2.17. The smallest absolute Gasteiger partial charge is 0.344 e. The number of hydrogen-bond acceptors (Lipinski definition) is 7. The van der Waals surface area contributed by atoms with Gasteiger partial charge >= 0.3 is 5.97 Å². The highest BCUT2D eigenvalue weighted by molar-refractivity contribution is 7.09. The first-order chi connectivity index (χ1) is 13.2. The van der Waals surface area contributed by atoms with Crippen molar-refractivity contribution < 1.29 is 23.4 Å². The number of halogens is 1. The normalized spacial score (nSPS) is 10.4. The van der Waals surface area contributed by atoms with Crippen molar-refractivity contribution in [2.75, 3.05) is 6.61 Å². The Morgan fingerprint density at radius 1 is 1.15 bits per heavy atom. The maximum atomic E-state index is 12.9. The molecule has 140 valence electrons. The fourth-order valence-corrected chi connectivity index (χ4v) is 2.86. The molecule has 6 nitrogen and oxygen atoms in total. The van der Waals surface area contributed by atoms with E-state index in [0.717, 1.165) is 5.01 Å². The van der Waals surface area contributed by atoms with Crippen molar-refractivity contribution in [3.63, 3.8) is 0 Å². The van der Waals surface area contributed by atoms with Gasteiger partial charge in [0.2, 0.25) is 5.88 Å². The van der Waals surface area contributed by atoms with Crippen molar-refractivity contribution in [3.8, 4) is 11.6 Å². The van der Waals surface area contributed by atoms with Crippen LogP contribution in [0.3, 0.4) is 0 Å². The summed E-state index contributed by atoms with van der Waals surface area (Å²) in [4.78, 5) is 20.6. The molecule has 0 atom stereocenters. The summed E-state index contributed by atoms with van der Waals surface area (Å²) in [6, 6.07) is 9.01. The molecule has 0 aliphatic heterocycles. The van der Waals surface area contributed by atoms with Crippen molar-refractivity contribution in [3.05, 3.63) is 70.1 Å². The van der Waals surface area contributed by atoms with Crippen molar-refractivity contribution in [2.24, 2.45) is 0 Å². The van der Waals surface area contributed by atoms with Crippen LogP contribution in [0.15, 0.2) is 48.0 Å². The van der Waals surface area contributed by atoms with E-state index in [2.05, 4.69) is 9.97 Å². The standard InChI is InChI=1S/C19H17FN2O4S/c1-2-24-18-16(4-3-9-21-18)19(23)26-10-14-12-27-17(22-14)11-25-15-7-5-13(20)6-8-15/h3-9,12H,2,10-11H2,1H3. The highest BCUT2D eigenvalue weighted by Crippen LogP contribution is 2.18. The van der Waals surface area contributed by atoms with Gasteiger partial charge in [0.05, 0.1) is 12.3 Å². The van der Waals surface area contributed by atoms with E-state index in [1.807, 2.05) is 6.92 Å². The second-order valence-electron chi connectivity index (χ2n) is 5.34. The minimum absolute atomic E-state index is 0.0341. The number of nitrogens with zero attached hydrogens (tertiary/aromatic N) is 2. The largest absolute Gasteiger partial charge is 0.486 e. The van der Waals surface area contributed by atoms with Gasteiger partial charge in [0.1, 0.15) is 35.4 Å². The summed E-state index contributed by atoms with van der Waals surface area (Å²) in [5.74, 6) is -0.0400. The zero-order valence-electron chi connectivity index (χ0n) is 14.6. The number of carbonyl (C=O) groups excluding carboxylic acids is 1. The van der Waals surface area contributed by atoms with E-state index in [1.54, 1.807) is 35.8 Å². The van der Waals surface area contributed by atoms with Gasteiger partial charge in [-0.3, -0.25) is 0 Å². The first-order valence-corrected chi connectivity index (χ1v) is 9.10. The Kier molecular flexibility index (Phi) is 6.32. The molecule has 3 aromatic rings. The number of esters is 1. The lowest BCUT2D eigenvalue weighted by Crippen LogP contribution is -2.09. The molecule has 0 bridgehead atoms. The molecule has 0 spiro atoms. The summed E-state index contributed by atoms with van der Waals surface area (Å²) < 4.78 is 29.0. The lowest BCUT2D eigenvalue weighted by Gasteiger charge is -2.08. The van der Waals surface area contributed by atoms with Crippen molar-refractivity contribution in [2.45, 2.75) is 20.1 Å². The minimum Gasteiger partial charge on any atom is -0.486 e. The summed E-state index contributed by atoms with van der Waals surface area (Å²) in [6.07, 6.45) is 1.55. The number of thiazole rings is 1. The Bertz CT molecular complexity index is 899. The maximum absolute atomic E-state index is 12.9. The van der Waals surface area contributed by atoms with Gasteiger partial charge in [0, 0.05) is 11.6 Å². The van der Waals surface area contributed by atoms with Gasteiger partial charge in [-0.15, -0.1) is 11.3 Å². The van der Waals surface area contributed by atoms with Gasteiger partial charge in [-0.05, 0) is 43.3 Å². The van der Waals surface area contributed by atoms with Crippen LogP contribution in [0, 0.1) is 5.82 Å². The third kappa shape index (κ3) is 5.24. The van der Waals surface area contributed by atoms with Crippen LogP contribution in [0.2, 0.25) is 0 Å². The number of hydrogen-bond donors (Lipinski definition) is 0. The molecule has 0 saturated heterocycles. The summed E-state index contributed by atoms with van der Waals surface area (Å²) in [6.45, 7) is 2.50. The molecule has 2 aromatic heterocycles. The zero-order chi connectivity index (χ0) is 19.1. The maximum Gasteiger partial charge on any atom is 0.344 e. The second-order valence-corrected chi connectivity index (χ2v) is 6.28. The monoisotopic (exact) mass is 388 g/mol. The Morgan fingerprint density at radius 2 is 1.96 bits per heavy atom. The quantitative estimate of drug-likeness (QED) is 0.543. The van der Waals surface area contributed by atoms with Crippen LogP contribution < -0.4 is 9.47 Å². The van der Waals surface area contributed by atoms with Crippen molar-refractivity contribution >= 4 is 17.3 Å². The Morgan fingerprint density at radius 3 is 2.74 bits per heavy atom. The average Bonchev–Trinajstić information content (AvgIpc) is 3.14. The molecule has 0 radical (unpaired) electrons. The zero-order valence-corrected chi connectivity index (χ0v) is 15.4. The SMILES string of the molecule is CCOc1ncccc1C(=O)OCc1csc(COc2ccc(F)cc2)n1. The van der Waals surface area contributed by atoms with E-state index >= 15 is 0 Å². The molecular weight excluding hydrogens is 371 g/mol. The van der Waals surface area contributed by atoms with Crippen LogP contribution in [-0.2, 0) is 18.0 Å². The number of benzene rings is 1. The molecule has 0 unspecified atom stereocenters. The average molecular weight is 388 g/mol. The number of carbonyl (C=O) groups is 1. The topological polar surface area (TPSA) is 70.5 Å². The van der Waals surface area contributed by atoms with Crippen LogP contribution in [0.1, 0.15) is 28.0 Å². The summed E-state index contributed by atoms with van der Waals surface area (Å²) in [7, 11) is 0. The molecule has 0 aliphatic carbocycles. The lowest BCUT2D eigenvalue weighted by molar-refractivity contribution is 0.0462. The molecule has 0 aliphatic rings. The van der Waals surface area contributed by atoms with Crippen molar-refractivity contribution in [1.82, 2.24) is 9.97 Å². The second kappa shape index (κ2) is 9.09. The van der Waals surface area contributed by atoms with Gasteiger partial charge in [-0.2, -0.15) is 0 Å². The van der Waals surface area contributed by atoms with Crippen LogP contribution >= 0.6 is 11.3 Å². The first kappa shape index (κ1) is 18.8. The lowest BCUT2D eigenvalue weighted by atomic mass is 10.3. The first-order valence-electron chi connectivity index (χ1n) is 8.22. The highest BCUT2D eigenvalue weighted by Gasteiger charge is 2.15. The van der Waals surface area contributed by atoms with Gasteiger partial charge < -0.3 is 14.2 Å². The fraction of sp³-hybridized carbons (Fsp3) is 0.211. The van der Waals surface area contributed by atoms with Gasteiger partial charge in [0.25, 0.3) is 0 Å². The highest BCUT2D eigenvalue weighted by atomic mass is 32.1. The molecule has 0 N–H and O–H groups in total. The minimum atomic E-state index is -0.524. The molecule has 1 aromatic carbocycles. The molecule has 8 heteroatoms. The molecule has 3 rings (SSSR count). The van der Waals surface area contributed by atoms with E-state index in [0.29, 0.717) is 18.1 Å². The molecule has 0 amide bonds. The number of pyridine rings is 1. The predicted octanol–water partition coefficient (Wildman–Crippen LogP) is 4.01. The van der Waals surface area contributed by atoms with Gasteiger partial charge in [-0.25, -0.2) is 19.2 Å². The van der Waals surface area contributed by atoms with Crippen LogP contribution in [0.5, 0.6) is 11.6 Å². The van der Waals surface area contributed by atoms with E-state index in [-0.39, 0.29) is 30.5 Å². The van der Waals surface area contributed by atoms with E-state index in [4.69, 9.17) is 14.2 Å². The Labute approximate surface area is 159 Å². The Hall–Kier alpha value is -3.00. The summed E-state index contributed by atoms with van der Waals surface area (Å²) in [5.41, 5.74) is 0.891. The Balaban J connectivity index is 1.53. The van der Waals surface area contributed by atoms with Crippen molar-refractivity contribution in [1.29, 1.82) is 0 Å². The van der Waals surface area contributed by atoms with Crippen LogP contribution in [0.25, 0.3) is 0 Å². The molecule has 27 heavy (non-hydrogen) atoms. The van der Waals surface area contributed by atoms with Gasteiger partial charge in [-0.1, -0.05) is 0 Å². The molecule has 2 heterocycles. The van der Waals surface area contributed by atoms with E-state index in [1.165, 1.54) is 23.5 Å². The molecular formula is C19H17FN2O4S. The van der Waals surface area contributed by atoms with Crippen LogP contribution in [0.4, 0.5) is 4.39 Å². The molecule has 0 fully saturated rings. The predicted molar refractivity (Wildman–Crippen MR) is 97.4 cm³/mol. The molecule has 0 saturated carbocycles.